The Morgan fingerprint density at radius 2 is 1.33 bits per heavy atom. The van der Waals surface area contributed by atoms with Crippen molar-refractivity contribution in [2.45, 2.75) is 26.8 Å². The minimum Gasteiger partial charge on any atom is -0.497 e. The van der Waals surface area contributed by atoms with E-state index in [0.29, 0.717) is 5.92 Å². The summed E-state index contributed by atoms with van der Waals surface area (Å²) in [4.78, 5) is 0. The van der Waals surface area contributed by atoms with Crippen molar-refractivity contribution in [1.82, 2.24) is 0 Å². The third kappa shape index (κ3) is 3.93. The van der Waals surface area contributed by atoms with Crippen LogP contribution in [0.4, 0.5) is 0 Å². The fourth-order valence-corrected chi connectivity index (χ4v) is 7.50. The molecule has 4 rings (SSSR count). The number of rotatable bonds is 6. The van der Waals surface area contributed by atoms with Gasteiger partial charge in [-0.15, -0.1) is 0 Å². The third-order valence-corrected chi connectivity index (χ3v) is 9.34. The Labute approximate surface area is 182 Å². The first-order chi connectivity index (χ1) is 14.6. The number of hydrogen-bond donors (Lipinski definition) is 0. The summed E-state index contributed by atoms with van der Waals surface area (Å²) in [6.07, 6.45) is 0. The number of methoxy groups -OCH3 is 1. The van der Waals surface area contributed by atoms with Gasteiger partial charge in [0.05, 0.1) is 7.11 Å². The lowest BCUT2D eigenvalue weighted by atomic mass is 9.91. The fraction of sp³-hybridized carbons (Fsp3) is 0.214. The van der Waals surface area contributed by atoms with E-state index in [0.717, 1.165) is 11.8 Å². The van der Waals surface area contributed by atoms with E-state index in [1.54, 1.807) is 7.11 Å². The van der Waals surface area contributed by atoms with Crippen molar-refractivity contribution in [3.63, 3.8) is 0 Å². The van der Waals surface area contributed by atoms with Crippen LogP contribution in [0.1, 0.15) is 26.3 Å². The first kappa shape index (κ1) is 20.4. The van der Waals surface area contributed by atoms with Crippen LogP contribution in [0.15, 0.2) is 102 Å². The summed E-state index contributed by atoms with van der Waals surface area (Å²) in [6.45, 7) is 6.89. The average molecular weight is 410 g/mol. The SMILES string of the molecule is COc1cccc(C2=C(C)C(C)=C(C)C2C[Si](c2ccccc2)c2ccccc2)c1. The summed E-state index contributed by atoms with van der Waals surface area (Å²) >= 11 is 0. The molecule has 1 radical (unpaired) electrons. The van der Waals surface area contributed by atoms with Gasteiger partial charge >= 0.3 is 0 Å². The van der Waals surface area contributed by atoms with Gasteiger partial charge < -0.3 is 4.74 Å². The molecule has 30 heavy (non-hydrogen) atoms. The molecule has 2 heteroatoms. The Morgan fingerprint density at radius 3 is 1.90 bits per heavy atom. The molecular weight excluding hydrogens is 380 g/mol. The molecule has 0 N–H and O–H groups in total. The number of allylic oxidation sites excluding steroid dienone is 4. The van der Waals surface area contributed by atoms with Crippen molar-refractivity contribution in [3.8, 4) is 5.75 Å². The molecule has 0 spiro atoms. The van der Waals surface area contributed by atoms with Gasteiger partial charge in [-0.1, -0.05) is 88.7 Å². The number of hydrogen-bond acceptors (Lipinski definition) is 1. The van der Waals surface area contributed by atoms with Crippen LogP contribution in [-0.4, -0.2) is 15.9 Å². The molecule has 1 atom stereocenters. The quantitative estimate of drug-likeness (QED) is 0.471. The van der Waals surface area contributed by atoms with E-state index in [9.17, 15) is 0 Å². The van der Waals surface area contributed by atoms with E-state index in [-0.39, 0.29) is 0 Å². The van der Waals surface area contributed by atoms with E-state index < -0.39 is 8.80 Å². The third-order valence-electron chi connectivity index (χ3n) is 6.46. The second-order valence-corrected chi connectivity index (χ2v) is 10.6. The first-order valence-corrected chi connectivity index (χ1v) is 12.3. The predicted molar refractivity (Wildman–Crippen MR) is 130 cm³/mol. The van der Waals surface area contributed by atoms with Gasteiger partial charge in [0.1, 0.15) is 14.5 Å². The molecule has 151 valence electrons. The van der Waals surface area contributed by atoms with Crippen molar-refractivity contribution in [3.05, 3.63) is 107 Å². The maximum atomic E-state index is 5.53. The van der Waals surface area contributed by atoms with Crippen LogP contribution in [-0.2, 0) is 0 Å². The zero-order valence-corrected chi connectivity index (χ0v) is 19.3. The lowest BCUT2D eigenvalue weighted by Gasteiger charge is -2.24. The van der Waals surface area contributed by atoms with Crippen LogP contribution >= 0.6 is 0 Å². The van der Waals surface area contributed by atoms with Gasteiger partial charge in [-0.25, -0.2) is 0 Å². The molecule has 3 aromatic rings. The summed E-state index contributed by atoms with van der Waals surface area (Å²) < 4.78 is 5.53. The highest BCUT2D eigenvalue weighted by molar-refractivity contribution is 6.85. The van der Waals surface area contributed by atoms with E-state index in [2.05, 4.69) is 99.6 Å². The number of benzene rings is 3. The molecule has 0 aliphatic heterocycles. The molecule has 3 aromatic carbocycles. The van der Waals surface area contributed by atoms with Gasteiger partial charge in [-0.3, -0.25) is 0 Å². The zero-order chi connectivity index (χ0) is 21.1. The van der Waals surface area contributed by atoms with Gasteiger partial charge in [0.15, 0.2) is 0 Å². The minimum atomic E-state index is -0.916. The van der Waals surface area contributed by atoms with Crippen LogP contribution in [0.5, 0.6) is 5.75 Å². The van der Waals surface area contributed by atoms with E-state index >= 15 is 0 Å². The molecule has 0 fully saturated rings. The Bertz CT molecular complexity index is 1040. The van der Waals surface area contributed by atoms with Crippen LogP contribution in [0, 0.1) is 5.92 Å². The van der Waals surface area contributed by atoms with Crippen LogP contribution in [0.25, 0.3) is 5.57 Å². The van der Waals surface area contributed by atoms with Crippen molar-refractivity contribution in [2.24, 2.45) is 5.92 Å². The minimum absolute atomic E-state index is 0.436. The van der Waals surface area contributed by atoms with Crippen LogP contribution in [0.2, 0.25) is 6.04 Å². The average Bonchev–Trinajstić information content (AvgIpc) is 3.02. The van der Waals surface area contributed by atoms with Crippen molar-refractivity contribution >= 4 is 24.7 Å². The molecule has 0 amide bonds. The molecule has 0 saturated heterocycles. The number of ether oxygens (including phenoxy) is 1. The van der Waals surface area contributed by atoms with Crippen molar-refractivity contribution < 1.29 is 4.74 Å². The largest absolute Gasteiger partial charge is 0.497 e. The summed E-state index contributed by atoms with van der Waals surface area (Å²) in [7, 11) is 0.827. The normalized spacial score (nSPS) is 16.5. The molecule has 0 bridgehead atoms. The molecule has 1 aliphatic rings. The summed E-state index contributed by atoms with van der Waals surface area (Å²) in [5.41, 5.74) is 7.14. The van der Waals surface area contributed by atoms with Gasteiger partial charge in [0.25, 0.3) is 0 Å². The van der Waals surface area contributed by atoms with E-state index in [4.69, 9.17) is 4.74 Å². The molecule has 0 aromatic heterocycles. The molecule has 1 unspecified atom stereocenters. The van der Waals surface area contributed by atoms with Gasteiger partial charge in [0, 0.05) is 5.92 Å². The summed E-state index contributed by atoms with van der Waals surface area (Å²) in [5, 5.41) is 2.96. The zero-order valence-electron chi connectivity index (χ0n) is 18.3. The molecule has 1 aliphatic carbocycles. The second kappa shape index (κ2) is 8.89. The molecular formula is C28H29OSi. The van der Waals surface area contributed by atoms with Crippen LogP contribution < -0.4 is 15.1 Å². The highest BCUT2D eigenvalue weighted by Gasteiger charge is 2.32. The highest BCUT2D eigenvalue weighted by Crippen LogP contribution is 2.45. The van der Waals surface area contributed by atoms with Gasteiger partial charge in [-0.05, 0) is 61.2 Å². The molecule has 0 saturated carbocycles. The van der Waals surface area contributed by atoms with Gasteiger partial charge in [0.2, 0.25) is 0 Å². The highest BCUT2D eigenvalue weighted by atomic mass is 28.3. The molecule has 1 nitrogen and oxygen atoms in total. The Balaban J connectivity index is 1.77. The first-order valence-electron chi connectivity index (χ1n) is 10.6. The van der Waals surface area contributed by atoms with Gasteiger partial charge in [-0.2, -0.15) is 0 Å². The molecule has 0 heterocycles. The van der Waals surface area contributed by atoms with Crippen LogP contribution in [0.3, 0.4) is 0 Å². The standard InChI is InChI=1S/C28H29OSi/c1-20-21(2)27(28(22(20)3)23-12-11-13-24(18-23)29-4)19-30(25-14-7-5-8-15-25)26-16-9-6-10-17-26/h5-18,27H,19H2,1-4H3. The maximum Gasteiger partial charge on any atom is 0.122 e. The Morgan fingerprint density at radius 1 is 0.733 bits per heavy atom. The summed E-state index contributed by atoms with van der Waals surface area (Å²) in [6, 6.07) is 31.9. The Hall–Kier alpha value is -2.84. The van der Waals surface area contributed by atoms with E-state index in [1.165, 1.54) is 38.2 Å². The predicted octanol–water partition coefficient (Wildman–Crippen LogP) is 5.74. The second-order valence-electron chi connectivity index (χ2n) is 8.05. The maximum absolute atomic E-state index is 5.53. The lowest BCUT2D eigenvalue weighted by molar-refractivity contribution is 0.414. The smallest absolute Gasteiger partial charge is 0.122 e. The topological polar surface area (TPSA) is 9.23 Å². The fourth-order valence-electron chi connectivity index (χ4n) is 4.59. The monoisotopic (exact) mass is 409 g/mol. The van der Waals surface area contributed by atoms with Crippen molar-refractivity contribution in [2.75, 3.05) is 7.11 Å². The Kier molecular flexibility index (Phi) is 6.05. The van der Waals surface area contributed by atoms with Crippen molar-refractivity contribution in [1.29, 1.82) is 0 Å². The summed E-state index contributed by atoms with van der Waals surface area (Å²) in [5.74, 6) is 1.36. The van der Waals surface area contributed by atoms with E-state index in [1.807, 2.05) is 6.07 Å². The lowest BCUT2D eigenvalue weighted by Crippen LogP contribution is -2.43.